The minimum atomic E-state index is -0.189. The molecule has 2 heterocycles. The Hall–Kier alpha value is -2.69. The highest BCUT2D eigenvalue weighted by Gasteiger charge is 2.07. The number of nitrogen functional groups attached to an aromatic ring is 1. The lowest BCUT2D eigenvalue weighted by Gasteiger charge is -2.06. The predicted octanol–water partition coefficient (Wildman–Crippen LogP) is 1.36. The van der Waals surface area contributed by atoms with Crippen molar-refractivity contribution in [3.63, 3.8) is 0 Å². The van der Waals surface area contributed by atoms with Crippen molar-refractivity contribution in [2.75, 3.05) is 5.73 Å². The number of hydrogen-bond acceptors (Lipinski definition) is 4. The number of nitrogens with two attached hydrogens (primary N) is 1. The summed E-state index contributed by atoms with van der Waals surface area (Å²) in [5, 5.41) is 0.434. The Bertz CT molecular complexity index is 765. The zero-order valence-electron chi connectivity index (χ0n) is 9.45. The second kappa shape index (κ2) is 3.96. The molecule has 5 heteroatoms. The van der Waals surface area contributed by atoms with E-state index < -0.39 is 0 Å². The van der Waals surface area contributed by atoms with Crippen LogP contribution in [0.15, 0.2) is 53.8 Å². The number of rotatable bonds is 1. The van der Waals surface area contributed by atoms with Gasteiger partial charge in [-0.3, -0.25) is 14.3 Å². The molecule has 0 aliphatic carbocycles. The molecule has 2 N–H and O–H groups in total. The van der Waals surface area contributed by atoms with Crippen molar-refractivity contribution in [3.8, 4) is 5.69 Å². The molecule has 2 aromatic heterocycles. The van der Waals surface area contributed by atoms with Crippen molar-refractivity contribution in [1.82, 2.24) is 14.5 Å². The van der Waals surface area contributed by atoms with E-state index in [1.807, 2.05) is 0 Å². The molecular formula is C13H10N4O. The number of anilines is 1. The third-order valence-electron chi connectivity index (χ3n) is 2.74. The quantitative estimate of drug-likeness (QED) is 0.650. The highest BCUT2D eigenvalue weighted by molar-refractivity contribution is 5.89. The minimum Gasteiger partial charge on any atom is -0.398 e. The van der Waals surface area contributed by atoms with E-state index in [2.05, 4.69) is 9.97 Å². The normalized spacial score (nSPS) is 10.7. The number of nitrogens with zero attached hydrogens (tertiary/aromatic N) is 3. The molecule has 0 fully saturated rings. The smallest absolute Gasteiger partial charge is 0.267 e. The van der Waals surface area contributed by atoms with Crippen LogP contribution in [-0.2, 0) is 0 Å². The van der Waals surface area contributed by atoms with Crippen molar-refractivity contribution in [3.05, 3.63) is 59.4 Å². The number of hydrogen-bond donors (Lipinski definition) is 1. The van der Waals surface area contributed by atoms with Crippen molar-refractivity contribution >= 4 is 16.6 Å². The molecule has 3 aromatic rings. The molecule has 0 bridgehead atoms. The van der Waals surface area contributed by atoms with Gasteiger partial charge >= 0.3 is 0 Å². The number of aromatic nitrogens is 3. The van der Waals surface area contributed by atoms with Crippen LogP contribution < -0.4 is 11.3 Å². The lowest BCUT2D eigenvalue weighted by atomic mass is 10.2. The summed E-state index contributed by atoms with van der Waals surface area (Å²) in [6.07, 6.45) is 4.74. The van der Waals surface area contributed by atoms with Crippen LogP contribution in [0.25, 0.3) is 16.6 Å². The summed E-state index contributed by atoms with van der Waals surface area (Å²) in [7, 11) is 0. The first-order valence-corrected chi connectivity index (χ1v) is 5.43. The average molecular weight is 238 g/mol. The van der Waals surface area contributed by atoms with E-state index in [1.165, 1.54) is 10.9 Å². The summed E-state index contributed by atoms with van der Waals surface area (Å²) < 4.78 is 1.44. The van der Waals surface area contributed by atoms with Crippen LogP contribution in [0.4, 0.5) is 5.69 Å². The molecule has 0 saturated heterocycles. The second-order valence-electron chi connectivity index (χ2n) is 3.87. The lowest BCUT2D eigenvalue weighted by molar-refractivity contribution is 0.954. The van der Waals surface area contributed by atoms with Crippen molar-refractivity contribution < 1.29 is 0 Å². The van der Waals surface area contributed by atoms with Gasteiger partial charge in [-0.2, -0.15) is 0 Å². The van der Waals surface area contributed by atoms with Crippen LogP contribution in [0.2, 0.25) is 0 Å². The standard InChI is InChI=1S/C13H10N4O/c14-10-4-1-5-11-12(10)13(18)17(8-16-11)9-3-2-6-15-7-9/h1-8H,14H2. The van der Waals surface area contributed by atoms with Gasteiger partial charge in [-0.1, -0.05) is 6.07 Å². The maximum absolute atomic E-state index is 12.4. The van der Waals surface area contributed by atoms with Gasteiger partial charge in [-0.15, -0.1) is 0 Å². The molecule has 0 saturated carbocycles. The topological polar surface area (TPSA) is 73.8 Å². The van der Waals surface area contributed by atoms with E-state index in [4.69, 9.17) is 5.73 Å². The van der Waals surface area contributed by atoms with E-state index in [9.17, 15) is 4.79 Å². The summed E-state index contributed by atoms with van der Waals surface area (Å²) >= 11 is 0. The van der Waals surface area contributed by atoms with Gasteiger partial charge in [-0.25, -0.2) is 4.98 Å². The van der Waals surface area contributed by atoms with E-state index in [0.717, 1.165) is 0 Å². The summed E-state index contributed by atoms with van der Waals surface area (Å²) in [6.45, 7) is 0. The maximum atomic E-state index is 12.4. The Morgan fingerprint density at radius 3 is 2.83 bits per heavy atom. The first-order valence-electron chi connectivity index (χ1n) is 5.43. The highest BCUT2D eigenvalue weighted by Crippen LogP contribution is 2.15. The monoisotopic (exact) mass is 238 g/mol. The molecule has 0 amide bonds. The molecule has 0 unspecified atom stereocenters. The van der Waals surface area contributed by atoms with E-state index in [-0.39, 0.29) is 5.56 Å². The first kappa shape index (κ1) is 10.5. The molecule has 0 atom stereocenters. The molecule has 0 aliphatic heterocycles. The summed E-state index contributed by atoms with van der Waals surface area (Å²) in [6, 6.07) is 8.79. The zero-order valence-corrected chi connectivity index (χ0v) is 9.45. The van der Waals surface area contributed by atoms with Gasteiger partial charge < -0.3 is 5.73 Å². The third-order valence-corrected chi connectivity index (χ3v) is 2.74. The van der Waals surface area contributed by atoms with Gasteiger partial charge in [0.05, 0.1) is 22.8 Å². The lowest BCUT2D eigenvalue weighted by Crippen LogP contribution is -2.19. The summed E-state index contributed by atoms with van der Waals surface area (Å²) in [5.74, 6) is 0. The summed E-state index contributed by atoms with van der Waals surface area (Å²) in [4.78, 5) is 20.6. The third kappa shape index (κ3) is 1.53. The summed E-state index contributed by atoms with van der Waals surface area (Å²) in [5.41, 5.74) is 7.34. The van der Waals surface area contributed by atoms with Crippen LogP contribution in [0, 0.1) is 0 Å². The molecular weight excluding hydrogens is 228 g/mol. The Morgan fingerprint density at radius 1 is 1.17 bits per heavy atom. The SMILES string of the molecule is Nc1cccc2ncn(-c3cccnc3)c(=O)c12. The Balaban J connectivity index is 2.37. The number of fused-ring (bicyclic) bond motifs is 1. The molecule has 0 aliphatic rings. The largest absolute Gasteiger partial charge is 0.398 e. The second-order valence-corrected chi connectivity index (χ2v) is 3.87. The van der Waals surface area contributed by atoms with Crippen LogP contribution in [-0.4, -0.2) is 14.5 Å². The van der Waals surface area contributed by atoms with E-state index >= 15 is 0 Å². The first-order chi connectivity index (χ1) is 8.77. The predicted molar refractivity (Wildman–Crippen MR) is 69.5 cm³/mol. The molecule has 5 nitrogen and oxygen atoms in total. The van der Waals surface area contributed by atoms with Crippen molar-refractivity contribution in [2.45, 2.75) is 0 Å². The average Bonchev–Trinajstić information content (AvgIpc) is 2.40. The molecule has 1 aromatic carbocycles. The van der Waals surface area contributed by atoms with Gasteiger partial charge in [0.25, 0.3) is 5.56 Å². The van der Waals surface area contributed by atoms with Gasteiger partial charge in [-0.05, 0) is 24.3 Å². The number of benzene rings is 1. The number of pyridine rings is 1. The van der Waals surface area contributed by atoms with Crippen LogP contribution in [0.1, 0.15) is 0 Å². The molecule has 0 spiro atoms. The van der Waals surface area contributed by atoms with Crippen LogP contribution >= 0.6 is 0 Å². The van der Waals surface area contributed by atoms with Crippen molar-refractivity contribution in [1.29, 1.82) is 0 Å². The van der Waals surface area contributed by atoms with E-state index in [1.54, 1.807) is 42.7 Å². The maximum Gasteiger partial charge on any atom is 0.267 e. The van der Waals surface area contributed by atoms with E-state index in [0.29, 0.717) is 22.3 Å². The highest BCUT2D eigenvalue weighted by atomic mass is 16.1. The van der Waals surface area contributed by atoms with Gasteiger partial charge in [0, 0.05) is 11.9 Å². The van der Waals surface area contributed by atoms with Gasteiger partial charge in [0.15, 0.2) is 0 Å². The fourth-order valence-electron chi connectivity index (χ4n) is 1.87. The van der Waals surface area contributed by atoms with Crippen LogP contribution in [0.3, 0.4) is 0 Å². The fraction of sp³-hybridized carbons (Fsp3) is 0. The fourth-order valence-corrected chi connectivity index (χ4v) is 1.87. The van der Waals surface area contributed by atoms with Gasteiger partial charge in [0.1, 0.15) is 6.33 Å². The van der Waals surface area contributed by atoms with Crippen LogP contribution in [0.5, 0.6) is 0 Å². The molecule has 0 radical (unpaired) electrons. The minimum absolute atomic E-state index is 0.189. The zero-order chi connectivity index (χ0) is 12.5. The Kier molecular flexibility index (Phi) is 2.30. The molecule has 88 valence electrons. The van der Waals surface area contributed by atoms with Crippen molar-refractivity contribution in [2.24, 2.45) is 0 Å². The molecule has 18 heavy (non-hydrogen) atoms. The Labute approximate surface area is 103 Å². The Morgan fingerprint density at radius 2 is 2.06 bits per heavy atom. The van der Waals surface area contributed by atoms with Gasteiger partial charge in [0.2, 0.25) is 0 Å². The molecule has 3 rings (SSSR count).